The lowest BCUT2D eigenvalue weighted by atomic mass is 10.2. The zero-order valence-electron chi connectivity index (χ0n) is 11.5. The fourth-order valence-corrected chi connectivity index (χ4v) is 2.44. The van der Waals surface area contributed by atoms with Gasteiger partial charge in [0.25, 0.3) is 0 Å². The van der Waals surface area contributed by atoms with E-state index in [0.717, 1.165) is 11.4 Å². The monoisotopic (exact) mass is 291 g/mol. The number of carbonyl (C=O) groups excluding carboxylic acids is 1. The maximum absolute atomic E-state index is 12.2. The van der Waals surface area contributed by atoms with Gasteiger partial charge in [0.05, 0.1) is 5.75 Å². The highest BCUT2D eigenvalue weighted by molar-refractivity contribution is 7.99. The number of rotatable bonds is 6. The van der Waals surface area contributed by atoms with Gasteiger partial charge in [0.2, 0.25) is 11.1 Å². The van der Waals surface area contributed by atoms with E-state index in [0.29, 0.717) is 24.0 Å². The molecule has 2 aromatic rings. The standard InChI is InChI=1S/C13H17N5OS/c1-3-18(8-11-4-6-14-7-5-11)12(19)9-20-13-15-10(2)16-17-13/h4-7H,3,8-9H2,1-2H3,(H,15,16,17). The van der Waals surface area contributed by atoms with Crippen molar-refractivity contribution in [2.24, 2.45) is 0 Å². The fraction of sp³-hybridized carbons (Fsp3) is 0.385. The summed E-state index contributed by atoms with van der Waals surface area (Å²) in [6.45, 7) is 5.08. The molecule has 0 aliphatic carbocycles. The molecular formula is C13H17N5OS. The average molecular weight is 291 g/mol. The average Bonchev–Trinajstić information content (AvgIpc) is 2.89. The number of amides is 1. The summed E-state index contributed by atoms with van der Waals surface area (Å²) in [7, 11) is 0. The molecule has 1 N–H and O–H groups in total. The molecule has 2 aromatic heterocycles. The molecule has 2 heterocycles. The smallest absolute Gasteiger partial charge is 0.233 e. The Labute approximate surface area is 122 Å². The van der Waals surface area contributed by atoms with Crippen molar-refractivity contribution in [3.63, 3.8) is 0 Å². The first-order valence-electron chi connectivity index (χ1n) is 6.37. The predicted molar refractivity (Wildman–Crippen MR) is 77.2 cm³/mol. The van der Waals surface area contributed by atoms with Gasteiger partial charge in [-0.15, -0.1) is 5.10 Å². The topological polar surface area (TPSA) is 74.8 Å². The number of aromatic amines is 1. The Bertz CT molecular complexity index is 557. The van der Waals surface area contributed by atoms with Crippen molar-refractivity contribution in [1.82, 2.24) is 25.1 Å². The van der Waals surface area contributed by atoms with Gasteiger partial charge in [-0.1, -0.05) is 11.8 Å². The van der Waals surface area contributed by atoms with Crippen molar-refractivity contribution in [2.45, 2.75) is 25.5 Å². The summed E-state index contributed by atoms with van der Waals surface area (Å²) in [5.74, 6) is 1.18. The third-order valence-electron chi connectivity index (χ3n) is 2.76. The van der Waals surface area contributed by atoms with Crippen molar-refractivity contribution in [2.75, 3.05) is 12.3 Å². The van der Waals surface area contributed by atoms with Crippen LogP contribution in [0, 0.1) is 6.92 Å². The molecule has 0 radical (unpaired) electrons. The van der Waals surface area contributed by atoms with E-state index in [1.54, 1.807) is 12.4 Å². The molecule has 0 atom stereocenters. The Morgan fingerprint density at radius 2 is 2.15 bits per heavy atom. The second kappa shape index (κ2) is 7.04. The molecule has 0 aliphatic rings. The van der Waals surface area contributed by atoms with Crippen LogP contribution in [0.25, 0.3) is 0 Å². The molecular weight excluding hydrogens is 274 g/mol. The number of carbonyl (C=O) groups is 1. The Balaban J connectivity index is 1.89. The summed E-state index contributed by atoms with van der Waals surface area (Å²) < 4.78 is 0. The maximum atomic E-state index is 12.2. The van der Waals surface area contributed by atoms with Gasteiger partial charge in [0, 0.05) is 25.5 Å². The molecule has 0 fully saturated rings. The van der Waals surface area contributed by atoms with Gasteiger partial charge in [-0.05, 0) is 31.5 Å². The zero-order valence-corrected chi connectivity index (χ0v) is 12.4. The van der Waals surface area contributed by atoms with Crippen LogP contribution in [-0.2, 0) is 11.3 Å². The molecule has 0 aromatic carbocycles. The first-order chi connectivity index (χ1) is 9.69. The summed E-state index contributed by atoms with van der Waals surface area (Å²) in [4.78, 5) is 22.1. The lowest BCUT2D eigenvalue weighted by molar-refractivity contribution is -0.128. The molecule has 2 rings (SSSR count). The summed E-state index contributed by atoms with van der Waals surface area (Å²) in [6, 6.07) is 3.84. The molecule has 1 amide bonds. The molecule has 0 saturated carbocycles. The molecule has 0 unspecified atom stereocenters. The van der Waals surface area contributed by atoms with Gasteiger partial charge in [0.15, 0.2) is 0 Å². The Morgan fingerprint density at radius 3 is 2.75 bits per heavy atom. The molecule has 7 heteroatoms. The molecule has 0 spiro atoms. The van der Waals surface area contributed by atoms with E-state index in [1.165, 1.54) is 11.8 Å². The highest BCUT2D eigenvalue weighted by Crippen LogP contribution is 2.14. The normalized spacial score (nSPS) is 10.5. The quantitative estimate of drug-likeness (QED) is 0.819. The largest absolute Gasteiger partial charge is 0.338 e. The second-order valence-corrected chi connectivity index (χ2v) is 5.20. The molecule has 20 heavy (non-hydrogen) atoms. The first-order valence-corrected chi connectivity index (χ1v) is 7.36. The number of H-pyrrole nitrogens is 1. The van der Waals surface area contributed by atoms with Crippen LogP contribution >= 0.6 is 11.8 Å². The Kier molecular flexibility index (Phi) is 5.11. The van der Waals surface area contributed by atoms with Crippen LogP contribution in [0.5, 0.6) is 0 Å². The van der Waals surface area contributed by atoms with Crippen LogP contribution in [0.2, 0.25) is 0 Å². The van der Waals surface area contributed by atoms with Gasteiger partial charge in [-0.25, -0.2) is 4.98 Å². The summed E-state index contributed by atoms with van der Waals surface area (Å²) in [6.07, 6.45) is 3.47. The van der Waals surface area contributed by atoms with E-state index in [-0.39, 0.29) is 5.91 Å². The highest BCUT2D eigenvalue weighted by Gasteiger charge is 2.13. The third kappa shape index (κ3) is 4.06. The minimum absolute atomic E-state index is 0.0803. The zero-order chi connectivity index (χ0) is 14.4. The molecule has 6 nitrogen and oxygen atoms in total. The predicted octanol–water partition coefficient (Wildman–Crippen LogP) is 1.65. The van der Waals surface area contributed by atoms with Gasteiger partial charge in [-0.2, -0.15) is 0 Å². The second-order valence-electron chi connectivity index (χ2n) is 4.26. The molecule has 0 saturated heterocycles. The number of aryl methyl sites for hydroxylation is 1. The molecule has 0 bridgehead atoms. The van der Waals surface area contributed by atoms with Crippen LogP contribution in [0.1, 0.15) is 18.3 Å². The number of thioether (sulfide) groups is 1. The van der Waals surface area contributed by atoms with Crippen molar-refractivity contribution >= 4 is 17.7 Å². The summed E-state index contributed by atoms with van der Waals surface area (Å²) in [5.41, 5.74) is 1.08. The van der Waals surface area contributed by atoms with E-state index in [2.05, 4.69) is 20.2 Å². The van der Waals surface area contributed by atoms with Crippen LogP contribution in [0.4, 0.5) is 0 Å². The van der Waals surface area contributed by atoms with Gasteiger partial charge < -0.3 is 4.90 Å². The maximum Gasteiger partial charge on any atom is 0.233 e. The van der Waals surface area contributed by atoms with Crippen molar-refractivity contribution in [1.29, 1.82) is 0 Å². The van der Waals surface area contributed by atoms with Crippen molar-refractivity contribution in [3.8, 4) is 0 Å². The SMILES string of the molecule is CCN(Cc1ccncc1)C(=O)CSc1n[nH]c(C)n1. The lowest BCUT2D eigenvalue weighted by Crippen LogP contribution is -2.31. The Morgan fingerprint density at radius 1 is 1.40 bits per heavy atom. The molecule has 106 valence electrons. The lowest BCUT2D eigenvalue weighted by Gasteiger charge is -2.20. The van der Waals surface area contributed by atoms with Gasteiger partial charge >= 0.3 is 0 Å². The van der Waals surface area contributed by atoms with Crippen molar-refractivity contribution in [3.05, 3.63) is 35.9 Å². The fourth-order valence-electron chi connectivity index (χ4n) is 1.69. The number of pyridine rings is 1. The number of nitrogens with zero attached hydrogens (tertiary/aromatic N) is 4. The summed E-state index contributed by atoms with van der Waals surface area (Å²) in [5, 5.41) is 7.37. The van der Waals surface area contributed by atoms with E-state index in [1.807, 2.05) is 30.9 Å². The van der Waals surface area contributed by atoms with E-state index in [9.17, 15) is 4.79 Å². The molecule has 0 aliphatic heterocycles. The number of aromatic nitrogens is 4. The third-order valence-corrected chi connectivity index (χ3v) is 3.59. The number of nitrogens with one attached hydrogen (secondary N) is 1. The number of hydrogen-bond acceptors (Lipinski definition) is 5. The van der Waals surface area contributed by atoms with Crippen LogP contribution in [0.3, 0.4) is 0 Å². The van der Waals surface area contributed by atoms with Crippen LogP contribution in [-0.4, -0.2) is 43.3 Å². The van der Waals surface area contributed by atoms with Gasteiger partial charge in [0.1, 0.15) is 5.82 Å². The van der Waals surface area contributed by atoms with Crippen molar-refractivity contribution < 1.29 is 4.79 Å². The Hall–Kier alpha value is -1.89. The minimum atomic E-state index is 0.0803. The minimum Gasteiger partial charge on any atom is -0.338 e. The first kappa shape index (κ1) is 14.5. The van der Waals surface area contributed by atoms with E-state index in [4.69, 9.17) is 0 Å². The van der Waals surface area contributed by atoms with E-state index < -0.39 is 0 Å². The van der Waals surface area contributed by atoms with E-state index >= 15 is 0 Å². The van der Waals surface area contributed by atoms with Crippen LogP contribution in [0.15, 0.2) is 29.7 Å². The van der Waals surface area contributed by atoms with Gasteiger partial charge in [-0.3, -0.25) is 14.9 Å². The number of hydrogen-bond donors (Lipinski definition) is 1. The highest BCUT2D eigenvalue weighted by atomic mass is 32.2. The summed E-state index contributed by atoms with van der Waals surface area (Å²) >= 11 is 1.35. The van der Waals surface area contributed by atoms with Crippen LogP contribution < -0.4 is 0 Å².